The van der Waals surface area contributed by atoms with Gasteiger partial charge in [-0.25, -0.2) is 27.6 Å². The number of carbonyl (C=O) groups is 2. The minimum absolute atomic E-state index is 0.0936. The van der Waals surface area contributed by atoms with Gasteiger partial charge >= 0.3 is 18.3 Å². The zero-order valence-corrected chi connectivity index (χ0v) is 27.0. The number of hydrogen-bond donors (Lipinski definition) is 4. The van der Waals surface area contributed by atoms with Crippen molar-refractivity contribution in [1.29, 1.82) is 0 Å². The number of nitrogens with one attached hydrogen (secondary N) is 4. The molecule has 1 aromatic heterocycles. The van der Waals surface area contributed by atoms with Crippen molar-refractivity contribution in [2.24, 2.45) is 4.36 Å². The molecule has 4 rings (SSSR count). The fourth-order valence-corrected chi connectivity index (χ4v) is 5.27. The van der Waals surface area contributed by atoms with Crippen molar-refractivity contribution in [3.8, 4) is 11.1 Å². The molecule has 3 aromatic carbocycles. The average Bonchev–Trinajstić information content (AvgIpc) is 3.03. The molecule has 1 heterocycles. The van der Waals surface area contributed by atoms with E-state index in [1.54, 1.807) is 19.1 Å². The number of urea groups is 1. The normalized spacial score (nSPS) is 12.4. The number of alkyl halides is 3. The SMILES string of the molecule is CCOC(=O)N=S(C)(=O)c1ccc(Nc2ncc(-c3ccc(NC(=O)Nc4cc(C(F)(F)F)ccc4F)c(F)c3)c(NCCOC)n2)cc1. The molecule has 0 saturated carbocycles. The third-order valence-electron chi connectivity index (χ3n) is 6.52. The number of aromatic nitrogens is 2. The van der Waals surface area contributed by atoms with E-state index in [1.807, 2.05) is 5.32 Å². The van der Waals surface area contributed by atoms with Gasteiger partial charge in [0.1, 0.15) is 17.5 Å². The zero-order valence-electron chi connectivity index (χ0n) is 26.2. The van der Waals surface area contributed by atoms with Gasteiger partial charge in [0.05, 0.1) is 39.9 Å². The summed E-state index contributed by atoms with van der Waals surface area (Å²) in [7, 11) is -1.55. The molecule has 260 valence electrons. The highest BCUT2D eigenvalue weighted by Crippen LogP contribution is 2.33. The molecule has 4 aromatic rings. The second-order valence-electron chi connectivity index (χ2n) is 10.1. The summed E-state index contributed by atoms with van der Waals surface area (Å²) in [6, 6.07) is 10.3. The number of ether oxygens (including phenoxy) is 2. The number of amides is 3. The van der Waals surface area contributed by atoms with Crippen LogP contribution in [0.1, 0.15) is 12.5 Å². The molecule has 0 bridgehead atoms. The van der Waals surface area contributed by atoms with Crippen molar-refractivity contribution in [1.82, 2.24) is 9.97 Å². The Labute approximate surface area is 277 Å². The Kier molecular flexibility index (Phi) is 11.7. The van der Waals surface area contributed by atoms with E-state index < -0.39 is 50.9 Å². The van der Waals surface area contributed by atoms with E-state index in [1.165, 1.54) is 43.8 Å². The minimum atomic E-state index is -4.77. The van der Waals surface area contributed by atoms with E-state index in [0.717, 1.165) is 6.07 Å². The second kappa shape index (κ2) is 15.7. The smallest absolute Gasteiger partial charge is 0.442 e. The number of halogens is 5. The largest absolute Gasteiger partial charge is 0.448 e. The van der Waals surface area contributed by atoms with E-state index in [4.69, 9.17) is 9.47 Å². The first-order valence-corrected chi connectivity index (χ1v) is 16.2. The Morgan fingerprint density at radius 3 is 2.33 bits per heavy atom. The Morgan fingerprint density at radius 2 is 1.67 bits per heavy atom. The van der Waals surface area contributed by atoms with Crippen molar-refractivity contribution in [3.63, 3.8) is 0 Å². The highest BCUT2D eigenvalue weighted by molar-refractivity contribution is 7.93. The molecule has 49 heavy (non-hydrogen) atoms. The first-order chi connectivity index (χ1) is 23.2. The maximum Gasteiger partial charge on any atom is 0.442 e. The van der Waals surface area contributed by atoms with Crippen LogP contribution in [0.4, 0.5) is 60.4 Å². The molecule has 3 amide bonds. The van der Waals surface area contributed by atoms with Gasteiger partial charge in [-0.3, -0.25) is 0 Å². The molecule has 1 atom stereocenters. The van der Waals surface area contributed by atoms with Crippen LogP contribution >= 0.6 is 0 Å². The third kappa shape index (κ3) is 9.83. The Morgan fingerprint density at radius 1 is 0.959 bits per heavy atom. The average molecular weight is 708 g/mol. The van der Waals surface area contributed by atoms with Crippen molar-refractivity contribution in [2.45, 2.75) is 18.0 Å². The number of carbonyl (C=O) groups excluding carboxylic acids is 2. The van der Waals surface area contributed by atoms with Crippen molar-refractivity contribution in [3.05, 3.63) is 84.1 Å². The molecule has 0 radical (unpaired) electrons. The summed E-state index contributed by atoms with van der Waals surface area (Å²) < 4.78 is 94.6. The van der Waals surface area contributed by atoms with E-state index >= 15 is 4.39 Å². The third-order valence-corrected chi connectivity index (χ3v) is 8.17. The molecule has 4 N–H and O–H groups in total. The van der Waals surface area contributed by atoms with Crippen LogP contribution in [0.5, 0.6) is 0 Å². The highest BCUT2D eigenvalue weighted by atomic mass is 32.2. The predicted molar refractivity (Wildman–Crippen MR) is 173 cm³/mol. The van der Waals surface area contributed by atoms with Gasteiger partial charge in [-0.1, -0.05) is 6.07 Å². The lowest BCUT2D eigenvalue weighted by molar-refractivity contribution is -0.137. The molecule has 0 fully saturated rings. The highest BCUT2D eigenvalue weighted by Gasteiger charge is 2.31. The first kappa shape index (κ1) is 36.5. The standard InChI is InChI=1S/C31H30F5N7O5S/c1-4-48-30(45)43-49(3,46)21-9-7-20(8-10-21)39-28-38-17-22(27(42-28)37-13-14-47-2)18-5-12-25(24(33)15-18)40-29(44)41-26-16-19(31(34,35)36)6-11-23(26)32/h5-12,15-17H,4,13-14H2,1-3H3,(H2,40,41,44)(H2,37,38,39,42). The fourth-order valence-electron chi connectivity index (χ4n) is 4.18. The Balaban J connectivity index is 1.52. The fraction of sp³-hybridized carbons (Fsp3) is 0.226. The van der Waals surface area contributed by atoms with Crippen LogP contribution in [0.2, 0.25) is 0 Å². The lowest BCUT2D eigenvalue weighted by Crippen LogP contribution is -2.21. The molecule has 12 nitrogen and oxygen atoms in total. The van der Waals surface area contributed by atoms with Crippen LogP contribution in [0.3, 0.4) is 0 Å². The molecule has 18 heteroatoms. The van der Waals surface area contributed by atoms with Gasteiger partial charge in [-0.05, 0) is 67.1 Å². The minimum Gasteiger partial charge on any atom is -0.448 e. The van der Waals surface area contributed by atoms with Crippen molar-refractivity contribution in [2.75, 3.05) is 54.4 Å². The summed E-state index contributed by atoms with van der Waals surface area (Å²) in [6.45, 7) is 2.32. The number of nitrogens with zero attached hydrogens (tertiary/aromatic N) is 3. The maximum absolute atomic E-state index is 15.2. The summed E-state index contributed by atoms with van der Waals surface area (Å²) >= 11 is 0. The first-order valence-electron chi connectivity index (χ1n) is 14.3. The number of anilines is 5. The van der Waals surface area contributed by atoms with Gasteiger partial charge in [-0.2, -0.15) is 18.2 Å². The monoisotopic (exact) mass is 707 g/mol. The zero-order chi connectivity index (χ0) is 35.8. The van der Waals surface area contributed by atoms with E-state index in [-0.39, 0.29) is 24.1 Å². The van der Waals surface area contributed by atoms with Crippen molar-refractivity contribution < 1.29 is 45.2 Å². The van der Waals surface area contributed by atoms with Crippen LogP contribution in [-0.4, -0.2) is 59.4 Å². The molecule has 0 aliphatic rings. The molecule has 1 unspecified atom stereocenters. The van der Waals surface area contributed by atoms with Gasteiger partial charge < -0.3 is 30.7 Å². The number of benzene rings is 3. The lowest BCUT2D eigenvalue weighted by atomic mass is 10.1. The van der Waals surface area contributed by atoms with Gasteiger partial charge in [0.15, 0.2) is 0 Å². The van der Waals surface area contributed by atoms with E-state index in [0.29, 0.717) is 53.1 Å². The molecule has 0 aliphatic carbocycles. The van der Waals surface area contributed by atoms with Crippen LogP contribution in [0, 0.1) is 11.6 Å². The number of rotatable bonds is 11. The maximum atomic E-state index is 15.2. The van der Waals surface area contributed by atoms with Crippen LogP contribution in [0.15, 0.2) is 76.1 Å². The molecular formula is C31H30F5N7O5S. The second-order valence-corrected chi connectivity index (χ2v) is 12.3. The quantitative estimate of drug-likeness (QED) is 0.0916. The van der Waals surface area contributed by atoms with E-state index in [2.05, 4.69) is 30.3 Å². The Bertz CT molecular complexity index is 1950. The summed E-state index contributed by atoms with van der Waals surface area (Å²) in [5.74, 6) is -1.60. The predicted octanol–water partition coefficient (Wildman–Crippen LogP) is 7.50. The van der Waals surface area contributed by atoms with Crippen molar-refractivity contribution >= 4 is 50.7 Å². The Hall–Kier alpha value is -5.36. The molecule has 0 saturated heterocycles. The summed E-state index contributed by atoms with van der Waals surface area (Å²) in [5, 5.41) is 10.2. The molecule has 0 spiro atoms. The van der Waals surface area contributed by atoms with Gasteiger partial charge in [0, 0.05) is 42.3 Å². The van der Waals surface area contributed by atoms with Gasteiger partial charge in [0.25, 0.3) is 0 Å². The topological polar surface area (TPSA) is 156 Å². The van der Waals surface area contributed by atoms with Crippen LogP contribution in [0.25, 0.3) is 11.1 Å². The molecule has 0 aliphatic heterocycles. The number of methoxy groups -OCH3 is 1. The van der Waals surface area contributed by atoms with E-state index in [9.17, 15) is 31.4 Å². The summed E-state index contributed by atoms with van der Waals surface area (Å²) in [4.78, 5) is 33.2. The van der Waals surface area contributed by atoms with Crippen LogP contribution < -0.4 is 21.3 Å². The summed E-state index contributed by atoms with van der Waals surface area (Å²) in [5.41, 5.74) is -1.09. The lowest BCUT2D eigenvalue weighted by Gasteiger charge is -2.15. The van der Waals surface area contributed by atoms with Crippen LogP contribution in [-0.2, 0) is 25.4 Å². The van der Waals surface area contributed by atoms with Gasteiger partial charge in [0.2, 0.25) is 5.95 Å². The van der Waals surface area contributed by atoms with Gasteiger partial charge in [-0.15, -0.1) is 4.36 Å². The number of hydrogen-bond acceptors (Lipinski definition) is 9. The summed E-state index contributed by atoms with van der Waals surface area (Å²) in [6.07, 6.45) is -2.97. The molecular weight excluding hydrogens is 677 g/mol.